The van der Waals surface area contributed by atoms with Crippen LogP contribution in [-0.4, -0.2) is 72.1 Å². The van der Waals surface area contributed by atoms with E-state index >= 15 is 0 Å². The Morgan fingerprint density at radius 1 is 1.08 bits per heavy atom. The van der Waals surface area contributed by atoms with Crippen molar-refractivity contribution < 1.29 is 17.9 Å². The topological polar surface area (TPSA) is 128 Å². The smallest absolute Gasteiger partial charge is 0.300 e. The molecule has 0 saturated carbocycles. The number of pyridine rings is 2. The number of hydrogen-bond acceptors (Lipinski definition) is 10. The van der Waals surface area contributed by atoms with Gasteiger partial charge in [0.05, 0.1) is 35.8 Å². The molecule has 0 atom stereocenters. The first-order chi connectivity index (χ1) is 18.2. The van der Waals surface area contributed by atoms with Crippen molar-refractivity contribution in [1.82, 2.24) is 24.3 Å². The number of morpholine rings is 1. The largest absolute Gasteiger partial charge is 0.485 e. The van der Waals surface area contributed by atoms with Crippen molar-refractivity contribution >= 4 is 32.0 Å². The highest BCUT2D eigenvalue weighted by Crippen LogP contribution is 2.29. The Labute approximate surface area is 224 Å². The van der Waals surface area contributed by atoms with Crippen molar-refractivity contribution in [1.29, 1.82) is 0 Å². The van der Waals surface area contributed by atoms with Crippen LogP contribution in [0.15, 0.2) is 46.5 Å². The van der Waals surface area contributed by atoms with E-state index < -0.39 is 10.0 Å². The summed E-state index contributed by atoms with van der Waals surface area (Å²) < 4.78 is 41.6. The molecule has 0 radical (unpaired) electrons. The van der Waals surface area contributed by atoms with E-state index in [4.69, 9.17) is 9.47 Å². The molecule has 38 heavy (non-hydrogen) atoms. The van der Waals surface area contributed by atoms with Crippen molar-refractivity contribution in [2.24, 2.45) is 0 Å². The van der Waals surface area contributed by atoms with E-state index in [1.807, 2.05) is 6.92 Å². The molecule has 0 aromatic carbocycles. The van der Waals surface area contributed by atoms with E-state index in [2.05, 4.69) is 24.6 Å². The quantitative estimate of drug-likeness (QED) is 0.348. The molecule has 200 valence electrons. The molecule has 0 bridgehead atoms. The van der Waals surface area contributed by atoms with Crippen LogP contribution in [0.25, 0.3) is 16.8 Å². The molecule has 1 fully saturated rings. The van der Waals surface area contributed by atoms with E-state index in [9.17, 15) is 13.2 Å². The average molecular weight is 557 g/mol. The van der Waals surface area contributed by atoms with Gasteiger partial charge in [0.2, 0.25) is 5.75 Å². The van der Waals surface area contributed by atoms with Gasteiger partial charge in [-0.05, 0) is 39.0 Å². The zero-order valence-corrected chi connectivity index (χ0v) is 22.9. The van der Waals surface area contributed by atoms with Crippen LogP contribution in [0.1, 0.15) is 16.4 Å². The molecule has 11 nitrogen and oxygen atoms in total. The number of aromatic nitrogens is 4. The number of thiazole rings is 1. The summed E-state index contributed by atoms with van der Waals surface area (Å²) in [4.78, 5) is 28.4. The van der Waals surface area contributed by atoms with Gasteiger partial charge in [-0.1, -0.05) is 0 Å². The monoisotopic (exact) mass is 556 g/mol. The summed E-state index contributed by atoms with van der Waals surface area (Å²) in [6.45, 7) is 9.32. The van der Waals surface area contributed by atoms with Crippen LogP contribution in [0.5, 0.6) is 5.75 Å². The van der Waals surface area contributed by atoms with Gasteiger partial charge in [0.15, 0.2) is 0 Å². The summed E-state index contributed by atoms with van der Waals surface area (Å²) >= 11 is 1.27. The molecule has 0 amide bonds. The van der Waals surface area contributed by atoms with E-state index in [-0.39, 0.29) is 16.2 Å². The molecule has 4 aromatic heterocycles. The Kier molecular flexibility index (Phi) is 7.43. The summed E-state index contributed by atoms with van der Waals surface area (Å²) in [5, 5.41) is 1.24. The third-order valence-electron chi connectivity index (χ3n) is 6.23. The molecular formula is C25H28N6O5S2. The van der Waals surface area contributed by atoms with Crippen LogP contribution < -0.4 is 15.0 Å². The molecule has 4 aromatic rings. The number of nitrogens with one attached hydrogen (secondary N) is 1. The van der Waals surface area contributed by atoms with Gasteiger partial charge >= 0.3 is 0 Å². The summed E-state index contributed by atoms with van der Waals surface area (Å²) in [7, 11) is -3.92. The maximum absolute atomic E-state index is 13.2. The lowest BCUT2D eigenvalue weighted by atomic mass is 10.1. The van der Waals surface area contributed by atoms with Crippen molar-refractivity contribution in [3.05, 3.63) is 63.5 Å². The molecule has 5 rings (SSSR count). The molecule has 0 aliphatic carbocycles. The Morgan fingerprint density at radius 3 is 2.61 bits per heavy atom. The molecule has 1 saturated heterocycles. The minimum atomic E-state index is -3.92. The number of nitrogens with zero attached hydrogens (tertiary/aromatic N) is 5. The van der Waals surface area contributed by atoms with Crippen LogP contribution >= 0.6 is 11.3 Å². The number of ether oxygens (including phenoxy) is 2. The van der Waals surface area contributed by atoms with Gasteiger partial charge in [0.25, 0.3) is 15.6 Å². The number of aryl methyl sites for hydroxylation is 3. The fourth-order valence-electron chi connectivity index (χ4n) is 4.18. The zero-order valence-electron chi connectivity index (χ0n) is 21.3. The van der Waals surface area contributed by atoms with Crippen molar-refractivity contribution in [2.75, 3.05) is 44.2 Å². The van der Waals surface area contributed by atoms with Crippen LogP contribution in [0.3, 0.4) is 0 Å². The maximum atomic E-state index is 13.2. The standard InChI is InChI=1S/C25H28N6O5S2/c1-16-22(38(33,34)29-24-17(2)28-18(3)37-24)12-20(13-26-16)19-4-5-23-27-14-21(25(32)31(23)15-19)36-11-8-30-6-9-35-10-7-30/h4-5,12-15,29H,6-11H2,1-3H3. The highest BCUT2D eigenvalue weighted by atomic mass is 32.2. The SMILES string of the molecule is Cc1nc(C)c(NS(=O)(=O)c2cc(-c3ccc4ncc(OCCN5CCOCC5)c(=O)n4c3)cnc2C)s1. The summed E-state index contributed by atoms with van der Waals surface area (Å²) in [5.74, 6) is 0.151. The Morgan fingerprint density at radius 2 is 1.87 bits per heavy atom. The van der Waals surface area contributed by atoms with Gasteiger partial charge in [-0.15, -0.1) is 11.3 Å². The van der Waals surface area contributed by atoms with Crippen LogP contribution in [0.4, 0.5) is 5.00 Å². The van der Waals surface area contributed by atoms with Gasteiger partial charge in [-0.3, -0.25) is 23.8 Å². The molecule has 0 unspecified atom stereocenters. The molecule has 1 aliphatic heterocycles. The number of hydrogen-bond donors (Lipinski definition) is 1. The van der Waals surface area contributed by atoms with Crippen molar-refractivity contribution in [3.8, 4) is 16.9 Å². The Bertz CT molecular complexity index is 1640. The van der Waals surface area contributed by atoms with Crippen molar-refractivity contribution in [3.63, 3.8) is 0 Å². The summed E-state index contributed by atoms with van der Waals surface area (Å²) in [5.41, 5.74) is 2.23. The number of sulfonamides is 1. The number of rotatable bonds is 8. The molecule has 0 spiro atoms. The lowest BCUT2D eigenvalue weighted by molar-refractivity contribution is 0.0321. The highest BCUT2D eigenvalue weighted by molar-refractivity contribution is 7.93. The molecule has 5 heterocycles. The molecule has 13 heteroatoms. The van der Waals surface area contributed by atoms with E-state index in [0.717, 1.165) is 18.1 Å². The maximum Gasteiger partial charge on any atom is 0.300 e. The van der Waals surface area contributed by atoms with E-state index in [1.54, 1.807) is 44.4 Å². The molecular weight excluding hydrogens is 528 g/mol. The van der Waals surface area contributed by atoms with Gasteiger partial charge in [0.1, 0.15) is 22.2 Å². The van der Waals surface area contributed by atoms with Crippen LogP contribution in [0.2, 0.25) is 0 Å². The van der Waals surface area contributed by atoms with E-state index in [0.29, 0.717) is 59.5 Å². The third kappa shape index (κ3) is 5.55. The lowest BCUT2D eigenvalue weighted by Crippen LogP contribution is -2.38. The minimum absolute atomic E-state index is 0.0474. The second kappa shape index (κ2) is 10.8. The van der Waals surface area contributed by atoms with Gasteiger partial charge in [-0.2, -0.15) is 0 Å². The second-order valence-electron chi connectivity index (χ2n) is 8.94. The molecule has 1 N–H and O–H groups in total. The zero-order chi connectivity index (χ0) is 26.9. The summed E-state index contributed by atoms with van der Waals surface area (Å²) in [6, 6.07) is 5.02. The van der Waals surface area contributed by atoms with Crippen LogP contribution in [0, 0.1) is 20.8 Å². The average Bonchev–Trinajstić information content (AvgIpc) is 3.21. The van der Waals surface area contributed by atoms with Gasteiger partial charge < -0.3 is 9.47 Å². The lowest BCUT2D eigenvalue weighted by Gasteiger charge is -2.26. The fraction of sp³-hybridized carbons (Fsp3) is 0.360. The minimum Gasteiger partial charge on any atom is -0.485 e. The first-order valence-electron chi connectivity index (χ1n) is 12.1. The first kappa shape index (κ1) is 26.2. The summed E-state index contributed by atoms with van der Waals surface area (Å²) in [6.07, 6.45) is 4.63. The predicted molar refractivity (Wildman–Crippen MR) is 145 cm³/mol. The Hall–Kier alpha value is -3.39. The molecule has 1 aliphatic rings. The number of anilines is 1. The predicted octanol–water partition coefficient (Wildman–Crippen LogP) is 2.65. The highest BCUT2D eigenvalue weighted by Gasteiger charge is 2.21. The van der Waals surface area contributed by atoms with Gasteiger partial charge in [-0.25, -0.2) is 18.4 Å². The van der Waals surface area contributed by atoms with Gasteiger partial charge in [0, 0.05) is 43.2 Å². The van der Waals surface area contributed by atoms with Crippen molar-refractivity contribution in [2.45, 2.75) is 25.7 Å². The first-order valence-corrected chi connectivity index (χ1v) is 14.4. The third-order valence-corrected chi connectivity index (χ3v) is 8.82. The number of fused-ring (bicyclic) bond motifs is 1. The van der Waals surface area contributed by atoms with E-state index in [1.165, 1.54) is 21.9 Å². The van der Waals surface area contributed by atoms with Crippen LogP contribution in [-0.2, 0) is 14.8 Å². The fourth-order valence-corrected chi connectivity index (χ4v) is 6.58. The Balaban J connectivity index is 1.41. The second-order valence-corrected chi connectivity index (χ2v) is 11.8. The normalized spacial score (nSPS) is 14.6.